The van der Waals surface area contributed by atoms with Gasteiger partial charge in [-0.3, -0.25) is 14.7 Å². The lowest BCUT2D eigenvalue weighted by Crippen LogP contribution is -2.41. The van der Waals surface area contributed by atoms with Gasteiger partial charge in [-0.05, 0) is 100 Å². The Hall–Kier alpha value is -2.80. The molecule has 1 aromatic carbocycles. The van der Waals surface area contributed by atoms with Gasteiger partial charge in [-0.2, -0.15) is 0 Å². The maximum absolute atomic E-state index is 13.8. The molecule has 1 amide bonds. The molecule has 38 heavy (non-hydrogen) atoms. The van der Waals surface area contributed by atoms with E-state index in [4.69, 9.17) is 9.73 Å². The molecule has 3 fully saturated rings. The molecule has 202 valence electrons. The average molecular weight is 534 g/mol. The molecule has 5 rings (SSSR count). The zero-order valence-corrected chi connectivity index (χ0v) is 23.7. The van der Waals surface area contributed by atoms with Crippen LogP contribution in [0.1, 0.15) is 98.4 Å². The molecule has 0 bridgehead atoms. The summed E-state index contributed by atoms with van der Waals surface area (Å²) in [7, 11) is 0. The number of amidine groups is 1. The fourth-order valence-corrected chi connectivity index (χ4v) is 7.14. The minimum atomic E-state index is -0.310. The smallest absolute Gasteiger partial charge is 0.338 e. The maximum atomic E-state index is 13.8. The lowest BCUT2D eigenvalue weighted by atomic mass is 9.94. The van der Waals surface area contributed by atoms with Crippen LogP contribution in [0.5, 0.6) is 0 Å². The second-order valence-electron chi connectivity index (χ2n) is 10.7. The van der Waals surface area contributed by atoms with Crippen LogP contribution >= 0.6 is 11.8 Å². The summed E-state index contributed by atoms with van der Waals surface area (Å²) in [6.45, 7) is 6.32. The van der Waals surface area contributed by atoms with Crippen LogP contribution < -0.4 is 0 Å². The van der Waals surface area contributed by atoms with Gasteiger partial charge < -0.3 is 9.30 Å². The first-order chi connectivity index (χ1) is 18.5. The van der Waals surface area contributed by atoms with Crippen molar-refractivity contribution in [2.75, 3.05) is 6.61 Å². The molecular formula is C31H39N3O3S. The number of esters is 1. The number of aromatic nitrogens is 1. The second-order valence-corrected chi connectivity index (χ2v) is 11.7. The second kappa shape index (κ2) is 11.9. The van der Waals surface area contributed by atoms with Gasteiger partial charge in [0.05, 0.1) is 23.1 Å². The van der Waals surface area contributed by atoms with Crippen LogP contribution in [-0.2, 0) is 9.53 Å². The quantitative estimate of drug-likeness (QED) is 0.291. The summed E-state index contributed by atoms with van der Waals surface area (Å²) < 4.78 is 7.29. The van der Waals surface area contributed by atoms with Crippen molar-refractivity contribution in [3.63, 3.8) is 0 Å². The Morgan fingerprint density at radius 2 is 1.68 bits per heavy atom. The number of nitrogens with zero attached hydrogens (tertiary/aromatic N) is 3. The predicted octanol–water partition coefficient (Wildman–Crippen LogP) is 7.21. The Morgan fingerprint density at radius 3 is 2.34 bits per heavy atom. The van der Waals surface area contributed by atoms with Crippen molar-refractivity contribution in [1.82, 2.24) is 9.47 Å². The van der Waals surface area contributed by atoms with Crippen LogP contribution in [0.2, 0.25) is 0 Å². The maximum Gasteiger partial charge on any atom is 0.338 e. The van der Waals surface area contributed by atoms with Gasteiger partial charge in [0.2, 0.25) is 0 Å². The fourth-order valence-electron chi connectivity index (χ4n) is 6.04. The molecule has 3 aliphatic rings. The van der Waals surface area contributed by atoms with Gasteiger partial charge >= 0.3 is 5.97 Å². The molecule has 1 saturated heterocycles. The first-order valence-corrected chi connectivity index (χ1v) is 15.0. The Labute approximate surface area is 230 Å². The van der Waals surface area contributed by atoms with E-state index in [1.807, 2.05) is 17.0 Å². The number of aryl methyl sites for hydroxylation is 1. The van der Waals surface area contributed by atoms with Crippen LogP contribution in [0.4, 0.5) is 0 Å². The van der Waals surface area contributed by atoms with Gasteiger partial charge in [-0.25, -0.2) is 4.79 Å². The highest BCUT2D eigenvalue weighted by molar-refractivity contribution is 8.18. The van der Waals surface area contributed by atoms with Crippen molar-refractivity contribution in [2.45, 2.75) is 97.1 Å². The number of ether oxygens (including phenoxy) is 1. The summed E-state index contributed by atoms with van der Waals surface area (Å²) in [4.78, 5) is 33.8. The summed E-state index contributed by atoms with van der Waals surface area (Å²) in [5, 5.41) is 0.920. The largest absolute Gasteiger partial charge is 0.462 e. The normalized spacial score (nSPS) is 21.6. The Morgan fingerprint density at radius 1 is 1.03 bits per heavy atom. The molecule has 0 spiro atoms. The van der Waals surface area contributed by atoms with Crippen molar-refractivity contribution < 1.29 is 14.3 Å². The number of thioether (sulfide) groups is 1. The van der Waals surface area contributed by atoms with Gasteiger partial charge in [-0.1, -0.05) is 38.5 Å². The molecule has 0 unspecified atom stereocenters. The predicted molar refractivity (Wildman–Crippen MR) is 155 cm³/mol. The highest BCUT2D eigenvalue weighted by Crippen LogP contribution is 2.39. The van der Waals surface area contributed by atoms with Crippen LogP contribution in [-0.4, -0.2) is 45.2 Å². The molecule has 6 nitrogen and oxygen atoms in total. The van der Waals surface area contributed by atoms with Gasteiger partial charge in [0, 0.05) is 23.1 Å². The van der Waals surface area contributed by atoms with Gasteiger partial charge in [0.15, 0.2) is 5.17 Å². The number of carbonyl (C=O) groups excluding carboxylic acids is 2. The van der Waals surface area contributed by atoms with E-state index in [9.17, 15) is 9.59 Å². The molecule has 2 saturated carbocycles. The molecule has 2 aromatic rings. The van der Waals surface area contributed by atoms with Crippen LogP contribution in [0, 0.1) is 13.8 Å². The van der Waals surface area contributed by atoms with Crippen molar-refractivity contribution in [1.29, 1.82) is 0 Å². The van der Waals surface area contributed by atoms with E-state index >= 15 is 0 Å². The first kappa shape index (κ1) is 26.8. The molecule has 7 heteroatoms. The molecule has 0 atom stereocenters. The van der Waals surface area contributed by atoms with Crippen molar-refractivity contribution in [3.8, 4) is 5.69 Å². The summed E-state index contributed by atoms with van der Waals surface area (Å²) in [5.41, 5.74) is 4.70. The summed E-state index contributed by atoms with van der Waals surface area (Å²) in [5.74, 6) is -0.199. The lowest BCUT2D eigenvalue weighted by molar-refractivity contribution is -0.124. The van der Waals surface area contributed by atoms with Crippen LogP contribution in [0.15, 0.2) is 40.2 Å². The number of hydrogen-bond donors (Lipinski definition) is 0. The zero-order chi connectivity index (χ0) is 26.6. The first-order valence-electron chi connectivity index (χ1n) is 14.2. The highest BCUT2D eigenvalue weighted by Gasteiger charge is 2.39. The Balaban J connectivity index is 1.44. The van der Waals surface area contributed by atoms with Crippen molar-refractivity contribution >= 4 is 34.9 Å². The van der Waals surface area contributed by atoms with E-state index in [2.05, 4.69) is 30.6 Å². The number of benzene rings is 1. The van der Waals surface area contributed by atoms with Crippen LogP contribution in [0.25, 0.3) is 11.8 Å². The summed E-state index contributed by atoms with van der Waals surface area (Å²) >= 11 is 1.57. The topological polar surface area (TPSA) is 63.9 Å². The molecule has 0 radical (unpaired) electrons. The van der Waals surface area contributed by atoms with E-state index in [0.717, 1.165) is 58.4 Å². The Kier molecular flexibility index (Phi) is 8.42. The minimum Gasteiger partial charge on any atom is -0.462 e. The number of aliphatic imine (C=N–C) groups is 1. The Bertz CT molecular complexity index is 1230. The molecule has 2 aliphatic carbocycles. The number of hydrogen-bond acceptors (Lipinski definition) is 5. The van der Waals surface area contributed by atoms with E-state index in [-0.39, 0.29) is 17.9 Å². The van der Waals surface area contributed by atoms with Crippen LogP contribution in [0.3, 0.4) is 0 Å². The van der Waals surface area contributed by atoms with Gasteiger partial charge in [-0.15, -0.1) is 0 Å². The van der Waals surface area contributed by atoms with E-state index in [1.165, 1.54) is 38.5 Å². The van der Waals surface area contributed by atoms with Gasteiger partial charge in [0.1, 0.15) is 0 Å². The van der Waals surface area contributed by atoms with E-state index in [0.29, 0.717) is 18.2 Å². The average Bonchev–Trinajstić information content (AvgIpc) is 3.39. The molecule has 1 aromatic heterocycles. The zero-order valence-electron chi connectivity index (χ0n) is 22.9. The number of amides is 1. The number of rotatable bonds is 6. The molecular weight excluding hydrogens is 494 g/mol. The third kappa shape index (κ3) is 5.63. The number of carbonyl (C=O) groups is 2. The highest BCUT2D eigenvalue weighted by atomic mass is 32.2. The lowest BCUT2D eigenvalue weighted by Gasteiger charge is -2.31. The fraction of sp³-hybridized carbons (Fsp3) is 0.516. The van der Waals surface area contributed by atoms with Gasteiger partial charge in [0.25, 0.3) is 5.91 Å². The summed E-state index contributed by atoms with van der Waals surface area (Å²) in [6.07, 6.45) is 13.9. The summed E-state index contributed by atoms with van der Waals surface area (Å²) in [6, 6.07) is 10.2. The monoisotopic (exact) mass is 533 g/mol. The van der Waals surface area contributed by atoms with Crippen molar-refractivity contribution in [2.24, 2.45) is 4.99 Å². The van der Waals surface area contributed by atoms with Crippen molar-refractivity contribution in [3.05, 3.63) is 57.8 Å². The molecule has 2 heterocycles. The van der Waals surface area contributed by atoms with E-state index < -0.39 is 0 Å². The third-order valence-electron chi connectivity index (χ3n) is 8.04. The standard InChI is InChI=1S/C31H39N3O3S/c1-4-37-30(36)23-15-17-27(18-16-23)33-21(2)19-24(22(33)3)20-28-29(35)34(26-13-9-6-10-14-26)31(38-28)32-25-11-7-5-8-12-25/h15-20,25-26H,4-14H2,1-3H3. The molecule has 0 N–H and O–H groups in total. The van der Waals surface area contributed by atoms with E-state index in [1.54, 1.807) is 30.8 Å². The molecule has 1 aliphatic heterocycles. The third-order valence-corrected chi connectivity index (χ3v) is 9.04. The minimum absolute atomic E-state index is 0.111. The SMILES string of the molecule is CCOC(=O)c1ccc(-n2c(C)cc(C=C3SC(=NC4CCCCC4)N(C4CCCCC4)C3=O)c2C)cc1.